The highest BCUT2D eigenvalue weighted by Gasteiger charge is 2.27. The van der Waals surface area contributed by atoms with Crippen LogP contribution < -0.4 is 63.3 Å². The van der Waals surface area contributed by atoms with Crippen molar-refractivity contribution in [3.63, 3.8) is 0 Å². The molecule has 3 aliphatic heterocycles. The van der Waals surface area contributed by atoms with Crippen molar-refractivity contribution in [3.05, 3.63) is 172 Å². The Morgan fingerprint density at radius 2 is 1.08 bits per heavy atom. The standard InChI is InChI=1S/C63H83N11O15/c1-7-9-40-86-73-48-31-29-46(58(73)81)54(77)64-34-20-38-70(60(83)50-25-18-27-52(75)69(50)6)36-16-17-37-71(61(84)51-26-19-28-53(76)72(51)88-43-44-22-12-11-13-23-44)39-21-35-65-55(78)47-30-32-49(74(59(47)82)87-41-10-8-2)57(80)68-45(42-67-56(48)79)24-14-15-33-66-62(85)89-63(3,4)5/h11-13,18-19,22-23,25-32,45H,7-10,14-17,20-21,24,33-43H2,1-6H3,(H,64,77)(H,65,78)(H,66,85)(H,67,79)(H,68,80)/t45-/m0/s1. The number of hydrogen-bond acceptors (Lipinski definition) is 15. The molecule has 26 heteroatoms. The lowest BCUT2D eigenvalue weighted by molar-refractivity contribution is 0.0524. The van der Waals surface area contributed by atoms with E-state index in [0.29, 0.717) is 51.4 Å². The van der Waals surface area contributed by atoms with Gasteiger partial charge in [-0.3, -0.25) is 47.9 Å². The molecule has 480 valence electrons. The van der Waals surface area contributed by atoms with Crippen LogP contribution in [-0.2, 0) is 18.4 Å². The van der Waals surface area contributed by atoms with Gasteiger partial charge in [0.2, 0.25) is 0 Å². The summed E-state index contributed by atoms with van der Waals surface area (Å²) in [5.41, 5.74) is -4.08. The van der Waals surface area contributed by atoms with Crippen LogP contribution in [-0.4, -0.2) is 147 Å². The molecule has 1 atom stereocenters. The molecule has 7 heterocycles. The summed E-state index contributed by atoms with van der Waals surface area (Å²) in [4.78, 5) is 173. The molecule has 0 saturated heterocycles. The molecule has 4 aromatic heterocycles. The Balaban J connectivity index is 1.35. The zero-order valence-corrected chi connectivity index (χ0v) is 51.6. The zero-order valence-electron chi connectivity index (χ0n) is 51.6. The summed E-state index contributed by atoms with van der Waals surface area (Å²) in [6.45, 7) is 9.20. The second-order valence-electron chi connectivity index (χ2n) is 22.3. The van der Waals surface area contributed by atoms with Crippen molar-refractivity contribution in [1.82, 2.24) is 55.1 Å². The van der Waals surface area contributed by atoms with E-state index in [4.69, 9.17) is 19.2 Å². The van der Waals surface area contributed by atoms with Gasteiger partial charge in [0.15, 0.2) is 0 Å². The SMILES string of the molecule is CCCCOn1c2ccc(c1=O)C(=O)NCCCN(C(=O)c1cccc(=O)n1C)CCCCN(C(=O)c1cccc(=O)n1OCc1ccccc1)CCCNC(=O)c1ccc(n(OCCCC)c1=O)C(=O)N[C@@H](CCCCNC(=O)OC(C)(C)C)CNC2=O. The number of rotatable bonds is 18. The number of nitrogens with zero attached hydrogens (tertiary/aromatic N) is 6. The van der Waals surface area contributed by atoms with Gasteiger partial charge in [0.1, 0.15) is 59.3 Å². The smallest absolute Gasteiger partial charge is 0.407 e. The number of aromatic nitrogens is 4. The molecule has 7 amide bonds. The van der Waals surface area contributed by atoms with E-state index in [-0.39, 0.29) is 125 Å². The first-order valence-corrected chi connectivity index (χ1v) is 30.3. The van der Waals surface area contributed by atoms with E-state index in [9.17, 15) is 52.7 Å². The third kappa shape index (κ3) is 20.3. The third-order valence-corrected chi connectivity index (χ3v) is 14.2. The molecule has 89 heavy (non-hydrogen) atoms. The van der Waals surface area contributed by atoms with Crippen LogP contribution in [0.3, 0.4) is 0 Å². The average Bonchev–Trinajstić information content (AvgIpc) is 1.24. The number of ether oxygens (including phenoxy) is 1. The molecule has 0 unspecified atom stereocenters. The van der Waals surface area contributed by atoms with Gasteiger partial charge in [-0.25, -0.2) is 4.79 Å². The molecule has 5 aromatic rings. The second kappa shape index (κ2) is 34.2. The van der Waals surface area contributed by atoms with Crippen LogP contribution in [0.1, 0.15) is 173 Å². The fraction of sp³-hybridized carbons (Fsp3) is 0.476. The first kappa shape index (κ1) is 68.6. The van der Waals surface area contributed by atoms with Gasteiger partial charge in [0.05, 0.1) is 0 Å². The summed E-state index contributed by atoms with van der Waals surface area (Å²) in [5.74, 6) is -4.24. The van der Waals surface area contributed by atoms with Gasteiger partial charge < -0.3 is 60.2 Å². The Morgan fingerprint density at radius 3 is 1.64 bits per heavy atom. The number of fused-ring (bicyclic) bond motifs is 2. The molecule has 0 radical (unpaired) electrons. The number of carbonyl (C=O) groups excluding carboxylic acids is 7. The van der Waals surface area contributed by atoms with Crippen LogP contribution in [0, 0.1) is 0 Å². The first-order chi connectivity index (χ1) is 42.7. The number of amides is 7. The molecule has 0 saturated carbocycles. The lowest BCUT2D eigenvalue weighted by Gasteiger charge is -2.26. The van der Waals surface area contributed by atoms with E-state index < -0.39 is 75.4 Å². The summed E-state index contributed by atoms with van der Waals surface area (Å²) in [6, 6.07) is 21.6. The Morgan fingerprint density at radius 1 is 0.551 bits per heavy atom. The van der Waals surface area contributed by atoms with Crippen LogP contribution in [0.2, 0.25) is 0 Å². The molecule has 1 aromatic carbocycles. The van der Waals surface area contributed by atoms with E-state index in [1.54, 1.807) is 32.9 Å². The van der Waals surface area contributed by atoms with Crippen LogP contribution in [0.4, 0.5) is 4.79 Å². The number of alkyl carbamates (subject to hydrolysis) is 1. The molecule has 0 fully saturated rings. The lowest BCUT2D eigenvalue weighted by atomic mass is 10.1. The van der Waals surface area contributed by atoms with Gasteiger partial charge in [-0.15, -0.1) is 14.2 Å². The minimum Gasteiger partial charge on any atom is -0.444 e. The van der Waals surface area contributed by atoms with Crippen molar-refractivity contribution in [2.24, 2.45) is 7.05 Å². The van der Waals surface area contributed by atoms with Crippen LogP contribution in [0.15, 0.2) is 110 Å². The van der Waals surface area contributed by atoms with Gasteiger partial charge in [-0.1, -0.05) is 69.2 Å². The van der Waals surface area contributed by atoms with Gasteiger partial charge >= 0.3 is 6.09 Å². The van der Waals surface area contributed by atoms with E-state index in [1.807, 2.05) is 32.0 Å². The maximum atomic E-state index is 14.6. The molecular weight excluding hydrogens is 1150 g/mol. The Labute approximate surface area is 515 Å². The zero-order chi connectivity index (χ0) is 64.5. The highest BCUT2D eigenvalue weighted by molar-refractivity contribution is 5.98. The number of unbranched alkanes of at least 4 members (excludes halogenated alkanes) is 3. The van der Waals surface area contributed by atoms with E-state index in [0.717, 1.165) is 19.8 Å². The lowest BCUT2D eigenvalue weighted by Crippen LogP contribution is -2.47. The summed E-state index contributed by atoms with van der Waals surface area (Å²) in [5, 5.41) is 13.8. The van der Waals surface area contributed by atoms with E-state index in [1.165, 1.54) is 82.1 Å². The summed E-state index contributed by atoms with van der Waals surface area (Å²) >= 11 is 0. The molecule has 8 rings (SSSR count). The summed E-state index contributed by atoms with van der Waals surface area (Å²) in [6.07, 6.45) is 3.68. The highest BCUT2D eigenvalue weighted by Crippen LogP contribution is 2.13. The second-order valence-corrected chi connectivity index (χ2v) is 22.3. The Kier molecular flexibility index (Phi) is 26.3. The third-order valence-electron chi connectivity index (χ3n) is 14.2. The molecule has 0 spiro atoms. The summed E-state index contributed by atoms with van der Waals surface area (Å²) in [7, 11) is 1.47. The van der Waals surface area contributed by atoms with Crippen LogP contribution in [0.25, 0.3) is 0 Å². The Hall–Kier alpha value is -9.49. The number of hydrogen-bond donors (Lipinski definition) is 5. The van der Waals surface area contributed by atoms with Crippen LogP contribution >= 0.6 is 0 Å². The van der Waals surface area contributed by atoms with Crippen molar-refractivity contribution in [2.45, 2.75) is 123 Å². The minimum absolute atomic E-state index is 0.00487. The molecule has 4 bridgehead atoms. The van der Waals surface area contributed by atoms with Crippen molar-refractivity contribution in [1.29, 1.82) is 0 Å². The fourth-order valence-electron chi connectivity index (χ4n) is 9.34. The van der Waals surface area contributed by atoms with Gasteiger partial charge in [0.25, 0.3) is 57.7 Å². The quantitative estimate of drug-likeness (QED) is 0.0785. The predicted octanol–water partition coefficient (Wildman–Crippen LogP) is 3.50. The maximum Gasteiger partial charge on any atom is 0.407 e. The largest absolute Gasteiger partial charge is 0.444 e. The molecule has 0 aliphatic carbocycles. The highest BCUT2D eigenvalue weighted by atomic mass is 16.7. The van der Waals surface area contributed by atoms with Gasteiger partial charge in [0, 0.05) is 77.6 Å². The van der Waals surface area contributed by atoms with Crippen molar-refractivity contribution in [2.75, 3.05) is 65.6 Å². The number of carbonyl (C=O) groups is 7. The fourth-order valence-corrected chi connectivity index (χ4v) is 9.34. The average molecular weight is 1230 g/mol. The first-order valence-electron chi connectivity index (χ1n) is 30.3. The normalized spacial score (nSPS) is 15.2. The summed E-state index contributed by atoms with van der Waals surface area (Å²) < 4.78 is 8.99. The number of benzene rings is 1. The number of pyridine rings is 4. The van der Waals surface area contributed by atoms with Crippen molar-refractivity contribution >= 4 is 41.5 Å². The van der Waals surface area contributed by atoms with Gasteiger partial charge in [-0.05, 0) is 121 Å². The minimum atomic E-state index is -0.946. The maximum absolute atomic E-state index is 14.6. The predicted molar refractivity (Wildman–Crippen MR) is 330 cm³/mol. The topological polar surface area (TPSA) is 311 Å². The van der Waals surface area contributed by atoms with E-state index in [2.05, 4.69) is 26.6 Å². The monoisotopic (exact) mass is 1230 g/mol. The van der Waals surface area contributed by atoms with Crippen molar-refractivity contribution in [3.8, 4) is 0 Å². The molecular formula is C63H83N11O15. The number of nitrogens with one attached hydrogen (secondary N) is 5. The van der Waals surface area contributed by atoms with Crippen LogP contribution in [0.5, 0.6) is 0 Å². The molecule has 3 aliphatic rings. The molecule has 5 N–H and O–H groups in total. The Bertz CT molecular complexity index is 3500. The van der Waals surface area contributed by atoms with E-state index >= 15 is 0 Å². The van der Waals surface area contributed by atoms with Gasteiger partial charge in [-0.2, -0.15) is 0 Å². The molecule has 26 nitrogen and oxygen atoms in total. The van der Waals surface area contributed by atoms with Crippen molar-refractivity contribution < 1.29 is 52.8 Å².